The molecule has 1 nitrogen and oxygen atoms in total. The van der Waals surface area contributed by atoms with Crippen LogP contribution in [0.15, 0.2) is 0 Å². The third-order valence-electron chi connectivity index (χ3n) is 4.67. The van der Waals surface area contributed by atoms with Gasteiger partial charge in [-0.2, -0.15) is 0 Å². The Kier molecular flexibility index (Phi) is 2.08. The van der Waals surface area contributed by atoms with Crippen molar-refractivity contribution in [1.29, 1.82) is 0 Å². The molecule has 3 rings (SSSR count). The number of hydrogen-bond donors (Lipinski definition) is 1. The van der Waals surface area contributed by atoms with Crippen molar-refractivity contribution in [1.82, 2.24) is 5.32 Å². The third kappa shape index (κ3) is 1.48. The van der Waals surface area contributed by atoms with E-state index in [-0.39, 0.29) is 0 Å². The molecular weight excluding hydrogens is 177 g/mol. The van der Waals surface area contributed by atoms with E-state index < -0.39 is 5.67 Å². The summed E-state index contributed by atoms with van der Waals surface area (Å²) in [5.41, 5.74) is -0.832. The van der Waals surface area contributed by atoms with Crippen LogP contribution in [0, 0.1) is 11.8 Å². The lowest BCUT2D eigenvalue weighted by Crippen LogP contribution is -2.47. The number of nitrogens with one attached hydrogen (secondary N) is 1. The molecule has 2 bridgehead atoms. The Hall–Kier alpha value is -0.110. The summed E-state index contributed by atoms with van der Waals surface area (Å²) in [7, 11) is 0. The SMILES string of the molecule is FC1(CNC2CC3CCC2C3)CCC1. The Morgan fingerprint density at radius 2 is 2.07 bits per heavy atom. The fraction of sp³-hybridized carbons (Fsp3) is 1.00. The second kappa shape index (κ2) is 3.19. The average molecular weight is 197 g/mol. The van der Waals surface area contributed by atoms with Gasteiger partial charge in [-0.1, -0.05) is 6.42 Å². The van der Waals surface area contributed by atoms with Crippen molar-refractivity contribution in [2.24, 2.45) is 11.8 Å². The maximum absolute atomic E-state index is 13.7. The van der Waals surface area contributed by atoms with Gasteiger partial charge in [0.2, 0.25) is 0 Å². The van der Waals surface area contributed by atoms with Crippen LogP contribution in [-0.4, -0.2) is 18.3 Å². The predicted molar refractivity (Wildman–Crippen MR) is 54.9 cm³/mol. The van der Waals surface area contributed by atoms with Crippen molar-refractivity contribution in [3.63, 3.8) is 0 Å². The van der Waals surface area contributed by atoms with Gasteiger partial charge in [-0.05, 0) is 50.4 Å². The minimum Gasteiger partial charge on any atom is -0.311 e. The summed E-state index contributed by atoms with van der Waals surface area (Å²) >= 11 is 0. The molecule has 2 heteroatoms. The predicted octanol–water partition coefficient (Wildman–Crippen LogP) is 2.66. The molecule has 3 saturated carbocycles. The van der Waals surface area contributed by atoms with Crippen LogP contribution in [0.25, 0.3) is 0 Å². The number of halogens is 1. The summed E-state index contributed by atoms with van der Waals surface area (Å²) < 4.78 is 13.7. The zero-order valence-electron chi connectivity index (χ0n) is 8.77. The normalized spacial score (nSPS) is 43.9. The first kappa shape index (κ1) is 9.14. The first-order valence-electron chi connectivity index (χ1n) is 6.17. The van der Waals surface area contributed by atoms with E-state index in [1.54, 1.807) is 0 Å². The summed E-state index contributed by atoms with van der Waals surface area (Å²) in [6, 6.07) is 0.655. The van der Waals surface area contributed by atoms with Gasteiger partial charge in [0.25, 0.3) is 0 Å². The minimum absolute atomic E-state index is 0.626. The lowest BCUT2D eigenvalue weighted by molar-refractivity contribution is 0.0574. The molecular formula is C12H20FN. The van der Waals surface area contributed by atoms with Crippen LogP contribution >= 0.6 is 0 Å². The van der Waals surface area contributed by atoms with Crippen LogP contribution in [0.3, 0.4) is 0 Å². The second-order valence-electron chi connectivity index (χ2n) is 5.67. The van der Waals surface area contributed by atoms with E-state index in [1.165, 1.54) is 25.7 Å². The van der Waals surface area contributed by atoms with E-state index in [1.807, 2.05) is 0 Å². The zero-order valence-corrected chi connectivity index (χ0v) is 8.77. The molecule has 0 spiro atoms. The Labute approximate surface area is 85.5 Å². The largest absolute Gasteiger partial charge is 0.311 e. The average Bonchev–Trinajstić information content (AvgIpc) is 2.72. The maximum atomic E-state index is 13.7. The monoisotopic (exact) mass is 197 g/mol. The molecule has 3 atom stereocenters. The Balaban J connectivity index is 1.49. The van der Waals surface area contributed by atoms with Gasteiger partial charge in [0.15, 0.2) is 0 Å². The van der Waals surface area contributed by atoms with Crippen LogP contribution in [-0.2, 0) is 0 Å². The molecule has 3 fully saturated rings. The van der Waals surface area contributed by atoms with Crippen molar-refractivity contribution in [2.45, 2.75) is 56.7 Å². The van der Waals surface area contributed by atoms with Gasteiger partial charge in [-0.25, -0.2) is 4.39 Å². The summed E-state index contributed by atoms with van der Waals surface area (Å²) in [5, 5.41) is 3.48. The van der Waals surface area contributed by atoms with Crippen molar-refractivity contribution in [3.8, 4) is 0 Å². The molecule has 0 aromatic heterocycles. The molecule has 3 aliphatic carbocycles. The molecule has 3 unspecified atom stereocenters. The third-order valence-corrected chi connectivity index (χ3v) is 4.67. The number of rotatable bonds is 3. The topological polar surface area (TPSA) is 12.0 Å². The first-order valence-corrected chi connectivity index (χ1v) is 6.17. The lowest BCUT2D eigenvalue weighted by atomic mass is 9.81. The first-order chi connectivity index (χ1) is 6.75. The van der Waals surface area contributed by atoms with Crippen LogP contribution in [0.5, 0.6) is 0 Å². The van der Waals surface area contributed by atoms with E-state index in [4.69, 9.17) is 0 Å². The van der Waals surface area contributed by atoms with Crippen molar-refractivity contribution < 1.29 is 4.39 Å². The Morgan fingerprint density at radius 1 is 1.21 bits per heavy atom. The van der Waals surface area contributed by atoms with Crippen molar-refractivity contribution in [2.75, 3.05) is 6.54 Å². The molecule has 0 heterocycles. The quantitative estimate of drug-likeness (QED) is 0.733. The molecule has 3 aliphatic rings. The van der Waals surface area contributed by atoms with Gasteiger partial charge < -0.3 is 5.32 Å². The number of alkyl halides is 1. The Morgan fingerprint density at radius 3 is 2.57 bits per heavy atom. The molecule has 0 aliphatic heterocycles. The van der Waals surface area contributed by atoms with Crippen molar-refractivity contribution >= 4 is 0 Å². The van der Waals surface area contributed by atoms with Crippen molar-refractivity contribution in [3.05, 3.63) is 0 Å². The highest BCUT2D eigenvalue weighted by Crippen LogP contribution is 2.45. The lowest BCUT2D eigenvalue weighted by Gasteiger charge is -2.36. The van der Waals surface area contributed by atoms with Gasteiger partial charge in [0, 0.05) is 12.6 Å². The fourth-order valence-electron chi connectivity index (χ4n) is 3.55. The van der Waals surface area contributed by atoms with E-state index in [9.17, 15) is 4.39 Å². The molecule has 1 N–H and O–H groups in total. The van der Waals surface area contributed by atoms with Gasteiger partial charge in [-0.15, -0.1) is 0 Å². The Bertz CT molecular complexity index is 224. The van der Waals surface area contributed by atoms with Crippen LogP contribution in [0.4, 0.5) is 4.39 Å². The van der Waals surface area contributed by atoms with Crippen LogP contribution in [0.2, 0.25) is 0 Å². The summed E-state index contributed by atoms with van der Waals surface area (Å²) in [6.45, 7) is 0.626. The van der Waals surface area contributed by atoms with E-state index in [2.05, 4.69) is 5.32 Å². The molecule has 0 amide bonds. The highest BCUT2D eigenvalue weighted by molar-refractivity contribution is 4.97. The molecule has 0 aromatic rings. The summed E-state index contributed by atoms with van der Waals surface area (Å²) in [6.07, 6.45) is 8.24. The van der Waals surface area contributed by atoms with Gasteiger partial charge in [0.05, 0.1) is 0 Å². The van der Waals surface area contributed by atoms with Crippen LogP contribution < -0.4 is 5.32 Å². The maximum Gasteiger partial charge on any atom is 0.123 e. The fourth-order valence-corrected chi connectivity index (χ4v) is 3.55. The van der Waals surface area contributed by atoms with Gasteiger partial charge >= 0.3 is 0 Å². The molecule has 14 heavy (non-hydrogen) atoms. The standard InChI is InChI=1S/C12H20FN/c13-12(4-1-5-12)8-14-11-7-9-2-3-10(11)6-9/h9-11,14H,1-8H2. The van der Waals surface area contributed by atoms with Gasteiger partial charge in [0.1, 0.15) is 5.67 Å². The number of fused-ring (bicyclic) bond motifs is 2. The molecule has 0 aromatic carbocycles. The highest BCUT2D eigenvalue weighted by atomic mass is 19.1. The minimum atomic E-state index is -0.832. The van der Waals surface area contributed by atoms with Gasteiger partial charge in [-0.3, -0.25) is 0 Å². The highest BCUT2D eigenvalue weighted by Gasteiger charge is 2.42. The smallest absolute Gasteiger partial charge is 0.123 e. The van der Waals surface area contributed by atoms with E-state index >= 15 is 0 Å². The van der Waals surface area contributed by atoms with Crippen LogP contribution in [0.1, 0.15) is 44.9 Å². The molecule has 80 valence electrons. The second-order valence-corrected chi connectivity index (χ2v) is 5.67. The summed E-state index contributed by atoms with van der Waals surface area (Å²) in [5.74, 6) is 1.85. The van der Waals surface area contributed by atoms with E-state index in [0.29, 0.717) is 12.6 Å². The molecule has 0 saturated heterocycles. The number of hydrogen-bond acceptors (Lipinski definition) is 1. The molecule has 0 radical (unpaired) electrons. The summed E-state index contributed by atoms with van der Waals surface area (Å²) in [4.78, 5) is 0. The zero-order chi connectivity index (χ0) is 9.60. The van der Waals surface area contributed by atoms with E-state index in [0.717, 1.165) is 31.1 Å².